The van der Waals surface area contributed by atoms with Gasteiger partial charge in [-0.2, -0.15) is 18.7 Å². The Hall–Kier alpha value is -1.91. The molecular weight excluding hydrogens is 657 g/mol. The van der Waals surface area contributed by atoms with Crippen LogP contribution in [0.2, 0.25) is 0 Å². The number of alkyl halides is 3. The molecule has 1 aliphatic heterocycles. The zero-order valence-electron chi connectivity index (χ0n) is 18.6. The number of carbonyl (C=O) groups excluding carboxylic acids is 3. The number of piperidine rings is 1. The van der Waals surface area contributed by atoms with Crippen molar-refractivity contribution >= 4 is 27.3 Å². The Bertz CT molecular complexity index is 884. The summed E-state index contributed by atoms with van der Waals surface area (Å²) < 4.78 is 37.6. The molecule has 2 atom stereocenters. The van der Waals surface area contributed by atoms with Gasteiger partial charge in [0.15, 0.2) is 0 Å². The second-order valence-corrected chi connectivity index (χ2v) is 8.91. The topological polar surface area (TPSA) is 128 Å². The summed E-state index contributed by atoms with van der Waals surface area (Å²) in [6.07, 6.45) is -5.41. The molecule has 1 saturated heterocycles. The zero-order valence-corrected chi connectivity index (χ0v) is 22.1. The molecule has 0 bridgehead atoms. The second kappa shape index (κ2) is 12.2. The Morgan fingerprint density at radius 2 is 1.88 bits per heavy atom. The maximum atomic E-state index is 13.2. The van der Waals surface area contributed by atoms with E-state index in [4.69, 9.17) is 9.53 Å². The van der Waals surface area contributed by atoms with E-state index in [9.17, 15) is 37.9 Å². The molecule has 0 saturated carbocycles. The molecule has 9 nitrogen and oxygen atoms in total. The average Bonchev–Trinajstić information content (AvgIpc) is 2.76. The standard InChI is InChI=1S/C20H26F3N3O6.ClH.Re/c1-18(2,3)11-26-8-7-19(14(10-26)15(28)24-31,12-5-4-6-13(27)9-12)16(29)25-32-17(30)20(21,22)23;;/h4-6,9,14,27,31H,7-8,10-11H2,1-3H3,(H,24,28)(H,25,29);1H;/q;;+1/p-1/t14-,19-;;/m1../s1. The van der Waals surface area contributed by atoms with Gasteiger partial charge in [-0.15, -0.1) is 0 Å². The Morgan fingerprint density at radius 1 is 1.26 bits per heavy atom. The van der Waals surface area contributed by atoms with Crippen LogP contribution in [0.25, 0.3) is 0 Å². The number of hydrogen-bond donors (Lipinski definition) is 4. The van der Waals surface area contributed by atoms with Crippen molar-refractivity contribution < 1.29 is 60.9 Å². The first-order valence-electron chi connectivity index (χ1n) is 9.89. The number of halogens is 4. The molecule has 0 radical (unpaired) electrons. The number of hydroxylamine groups is 2. The van der Waals surface area contributed by atoms with E-state index in [-0.39, 0.29) is 36.2 Å². The molecule has 0 aromatic heterocycles. The van der Waals surface area contributed by atoms with Gasteiger partial charge in [0, 0.05) is 13.1 Å². The molecule has 0 aliphatic carbocycles. The summed E-state index contributed by atoms with van der Waals surface area (Å²) in [6, 6.07) is 5.33. The maximum absolute atomic E-state index is 13.2. The van der Waals surface area contributed by atoms with Crippen LogP contribution in [0.1, 0.15) is 32.8 Å². The van der Waals surface area contributed by atoms with Crippen LogP contribution in [0, 0.1) is 11.3 Å². The van der Waals surface area contributed by atoms with Gasteiger partial charge in [0.1, 0.15) is 5.75 Å². The molecule has 2 rings (SSSR count). The molecule has 1 aromatic rings. The molecule has 14 heteroatoms. The minimum absolute atomic E-state index is 0.0278. The summed E-state index contributed by atoms with van der Waals surface area (Å²) in [7, 11) is 4.69. The van der Waals surface area contributed by atoms with Gasteiger partial charge in [0.25, 0.3) is 5.91 Å². The van der Waals surface area contributed by atoms with E-state index < -0.39 is 35.3 Å². The van der Waals surface area contributed by atoms with Crippen molar-refractivity contribution in [1.82, 2.24) is 15.9 Å². The minimum atomic E-state index is -5.34. The first kappa shape index (κ1) is 30.1. The second-order valence-electron chi connectivity index (χ2n) is 8.91. The predicted octanol–water partition coefficient (Wildman–Crippen LogP) is 2.33. The van der Waals surface area contributed by atoms with Crippen molar-refractivity contribution in [2.75, 3.05) is 19.6 Å². The van der Waals surface area contributed by atoms with Crippen molar-refractivity contribution in [3.63, 3.8) is 0 Å². The number of nitrogens with one attached hydrogen (secondary N) is 2. The van der Waals surface area contributed by atoms with E-state index in [2.05, 4.69) is 4.84 Å². The summed E-state index contributed by atoms with van der Waals surface area (Å²) in [4.78, 5) is 42.7. The van der Waals surface area contributed by atoms with Gasteiger partial charge in [0.05, 0.1) is 11.3 Å². The van der Waals surface area contributed by atoms with Crippen LogP contribution in [0.5, 0.6) is 5.75 Å². The average molecular weight is 683 g/mol. The van der Waals surface area contributed by atoms with E-state index in [0.29, 0.717) is 6.54 Å². The molecule has 0 unspecified atom stereocenters. The zero-order chi connectivity index (χ0) is 26.3. The number of likely N-dealkylation sites (tertiary alicyclic amines) is 1. The van der Waals surface area contributed by atoms with Crippen LogP contribution in [0.15, 0.2) is 24.3 Å². The van der Waals surface area contributed by atoms with Crippen LogP contribution >= 0.6 is 9.53 Å². The van der Waals surface area contributed by atoms with Crippen molar-refractivity contribution in [3.8, 4) is 5.75 Å². The summed E-state index contributed by atoms with van der Waals surface area (Å²) in [5, 5.41) is 19.2. The molecule has 1 fully saturated rings. The van der Waals surface area contributed by atoms with Crippen molar-refractivity contribution in [1.29, 1.82) is 0 Å². The third-order valence-electron chi connectivity index (χ3n) is 5.22. The Balaban J connectivity index is 0.00000281. The van der Waals surface area contributed by atoms with E-state index in [0.717, 1.165) is 0 Å². The third kappa shape index (κ3) is 7.55. The summed E-state index contributed by atoms with van der Waals surface area (Å²) in [6.45, 7) is 6.67. The molecule has 4 N–H and O–H groups in total. The van der Waals surface area contributed by atoms with E-state index in [1.54, 1.807) is 0 Å². The first-order chi connectivity index (χ1) is 15.7. The van der Waals surface area contributed by atoms with Gasteiger partial charge in [-0.3, -0.25) is 14.8 Å². The predicted molar refractivity (Wildman–Crippen MR) is 110 cm³/mol. The van der Waals surface area contributed by atoms with Crippen LogP contribution in [-0.2, 0) is 42.8 Å². The normalized spacial score (nSPS) is 21.0. The van der Waals surface area contributed by atoms with Crippen molar-refractivity contribution in [2.45, 2.75) is 38.8 Å². The molecule has 2 amide bonds. The number of benzene rings is 1. The fourth-order valence-corrected chi connectivity index (χ4v) is 3.99. The number of aromatic hydroxyl groups is 1. The SMILES string of the molecule is CC(C)(C)CN1CC[C@@](C(=O)NOC(=O)C(F)(F)F)(c2cccc(O)c2)[C@@H](C(=O)NO)C1.[Cl][Re]. The molecule has 1 heterocycles. The van der Waals surface area contributed by atoms with Crippen LogP contribution in [0.4, 0.5) is 13.2 Å². The molecule has 34 heavy (non-hydrogen) atoms. The van der Waals surface area contributed by atoms with Gasteiger partial charge in [0.2, 0.25) is 5.91 Å². The first-order valence-corrected chi connectivity index (χ1v) is 13.3. The van der Waals surface area contributed by atoms with Gasteiger partial charge in [-0.25, -0.2) is 10.3 Å². The van der Waals surface area contributed by atoms with Crippen molar-refractivity contribution in [2.24, 2.45) is 11.3 Å². The van der Waals surface area contributed by atoms with Gasteiger partial charge >= 0.3 is 39.9 Å². The van der Waals surface area contributed by atoms with Crippen LogP contribution in [-0.4, -0.2) is 58.8 Å². The fraction of sp³-hybridized carbons (Fsp3) is 0.550. The van der Waals surface area contributed by atoms with Crippen LogP contribution < -0.4 is 11.0 Å². The number of amides is 2. The third-order valence-corrected chi connectivity index (χ3v) is 5.22. The molecular formula is C20H26ClF3N3O6Re. The number of phenolic OH excluding ortho intramolecular Hbond substituents is 1. The van der Waals surface area contributed by atoms with Gasteiger partial charge < -0.3 is 14.8 Å². The van der Waals surface area contributed by atoms with E-state index in [1.165, 1.54) is 53.4 Å². The molecule has 1 aliphatic rings. The van der Waals surface area contributed by atoms with Crippen LogP contribution in [0.3, 0.4) is 0 Å². The Labute approximate surface area is 209 Å². The number of rotatable bonds is 4. The number of hydrogen-bond acceptors (Lipinski definition) is 7. The molecule has 1 aromatic carbocycles. The monoisotopic (exact) mass is 683 g/mol. The van der Waals surface area contributed by atoms with Gasteiger partial charge in [-0.05, 0) is 36.1 Å². The Kier molecular flexibility index (Phi) is 10.8. The quantitative estimate of drug-likeness (QED) is 0.284. The number of nitrogens with zero attached hydrogens (tertiary/aromatic N) is 1. The number of phenols is 1. The molecule has 0 spiro atoms. The summed E-state index contributed by atoms with van der Waals surface area (Å²) in [5.74, 6) is -6.31. The summed E-state index contributed by atoms with van der Waals surface area (Å²) >= 11 is 1.19. The fourth-order valence-electron chi connectivity index (χ4n) is 3.99. The van der Waals surface area contributed by atoms with Gasteiger partial charge in [-0.1, -0.05) is 32.9 Å². The van der Waals surface area contributed by atoms with E-state index >= 15 is 0 Å². The Morgan fingerprint density at radius 3 is 2.38 bits per heavy atom. The molecule has 192 valence electrons. The summed E-state index contributed by atoms with van der Waals surface area (Å²) in [5.41, 5.74) is 1.13. The van der Waals surface area contributed by atoms with Crippen molar-refractivity contribution in [3.05, 3.63) is 29.8 Å². The van der Waals surface area contributed by atoms with E-state index in [1.807, 2.05) is 25.7 Å². The number of carbonyl (C=O) groups is 3.